The number of hydrogen-bond acceptors (Lipinski definition) is 3. The highest BCUT2D eigenvalue weighted by Gasteiger charge is 2.22. The van der Waals surface area contributed by atoms with E-state index >= 15 is 0 Å². The molecule has 0 unspecified atom stereocenters. The fourth-order valence-corrected chi connectivity index (χ4v) is 3.99. The van der Waals surface area contributed by atoms with E-state index in [0.717, 1.165) is 29.7 Å². The maximum atomic E-state index is 12.5. The van der Waals surface area contributed by atoms with Gasteiger partial charge in [-0.25, -0.2) is 13.1 Å². The van der Waals surface area contributed by atoms with Crippen LogP contribution in [0.15, 0.2) is 53.4 Å². The molecule has 3 rings (SSSR count). The average Bonchev–Trinajstić information content (AvgIpc) is 2.60. The SMILES string of the molecule is CC(=O)N1CCCc2cc(S(=O)(=O)NCc3ccccc3)ccc21. The molecule has 5 nitrogen and oxygen atoms in total. The van der Waals surface area contributed by atoms with Crippen LogP contribution in [-0.4, -0.2) is 20.9 Å². The lowest BCUT2D eigenvalue weighted by Crippen LogP contribution is -2.33. The highest BCUT2D eigenvalue weighted by Crippen LogP contribution is 2.29. The first-order valence-electron chi connectivity index (χ1n) is 7.92. The van der Waals surface area contributed by atoms with Crippen LogP contribution in [0.4, 0.5) is 5.69 Å². The monoisotopic (exact) mass is 344 g/mol. The normalized spacial score (nSPS) is 14.3. The minimum atomic E-state index is -3.58. The zero-order chi connectivity index (χ0) is 17.2. The molecule has 1 heterocycles. The molecular weight excluding hydrogens is 324 g/mol. The molecule has 0 radical (unpaired) electrons. The fourth-order valence-electron chi connectivity index (χ4n) is 2.93. The van der Waals surface area contributed by atoms with Crippen molar-refractivity contribution in [1.82, 2.24) is 4.72 Å². The molecule has 126 valence electrons. The third kappa shape index (κ3) is 3.49. The van der Waals surface area contributed by atoms with Gasteiger partial charge in [0.15, 0.2) is 0 Å². The van der Waals surface area contributed by atoms with Gasteiger partial charge < -0.3 is 4.90 Å². The molecule has 24 heavy (non-hydrogen) atoms. The van der Waals surface area contributed by atoms with Crippen molar-refractivity contribution in [1.29, 1.82) is 0 Å². The Kier molecular flexibility index (Phi) is 4.69. The third-order valence-corrected chi connectivity index (χ3v) is 5.57. The second kappa shape index (κ2) is 6.75. The number of anilines is 1. The Morgan fingerprint density at radius 2 is 1.92 bits per heavy atom. The van der Waals surface area contributed by atoms with E-state index in [1.807, 2.05) is 30.3 Å². The van der Waals surface area contributed by atoms with Crippen molar-refractivity contribution in [2.75, 3.05) is 11.4 Å². The van der Waals surface area contributed by atoms with Crippen LogP contribution in [0.2, 0.25) is 0 Å². The minimum absolute atomic E-state index is 0.0197. The van der Waals surface area contributed by atoms with E-state index in [-0.39, 0.29) is 17.3 Å². The average molecular weight is 344 g/mol. The summed E-state index contributed by atoms with van der Waals surface area (Å²) in [6.07, 6.45) is 1.62. The Morgan fingerprint density at radius 3 is 2.62 bits per heavy atom. The van der Waals surface area contributed by atoms with Crippen molar-refractivity contribution in [3.63, 3.8) is 0 Å². The maximum Gasteiger partial charge on any atom is 0.240 e. The summed E-state index contributed by atoms with van der Waals surface area (Å²) in [4.78, 5) is 13.6. The number of nitrogens with zero attached hydrogens (tertiary/aromatic N) is 1. The quantitative estimate of drug-likeness (QED) is 0.926. The number of rotatable bonds is 4. The molecule has 0 saturated carbocycles. The lowest BCUT2D eigenvalue weighted by atomic mass is 10.0. The lowest BCUT2D eigenvalue weighted by Gasteiger charge is -2.28. The van der Waals surface area contributed by atoms with E-state index in [1.54, 1.807) is 23.1 Å². The number of aryl methyl sites for hydroxylation is 1. The van der Waals surface area contributed by atoms with Gasteiger partial charge in [-0.1, -0.05) is 30.3 Å². The van der Waals surface area contributed by atoms with Gasteiger partial charge in [-0.05, 0) is 42.2 Å². The molecule has 0 bridgehead atoms. The predicted molar refractivity (Wildman–Crippen MR) is 93.3 cm³/mol. The highest BCUT2D eigenvalue weighted by molar-refractivity contribution is 7.89. The molecule has 0 spiro atoms. The molecule has 0 aliphatic carbocycles. The van der Waals surface area contributed by atoms with Gasteiger partial charge in [0.25, 0.3) is 0 Å². The van der Waals surface area contributed by atoms with Gasteiger partial charge in [0, 0.05) is 25.7 Å². The first-order chi connectivity index (χ1) is 11.5. The van der Waals surface area contributed by atoms with Crippen LogP contribution in [0.3, 0.4) is 0 Å². The Labute approximate surface area is 142 Å². The zero-order valence-electron chi connectivity index (χ0n) is 13.5. The van der Waals surface area contributed by atoms with Gasteiger partial charge in [-0.15, -0.1) is 0 Å². The van der Waals surface area contributed by atoms with E-state index in [9.17, 15) is 13.2 Å². The van der Waals surface area contributed by atoms with Gasteiger partial charge >= 0.3 is 0 Å². The predicted octanol–water partition coefficient (Wildman–Crippen LogP) is 2.46. The molecule has 0 saturated heterocycles. The number of amides is 1. The largest absolute Gasteiger partial charge is 0.312 e. The zero-order valence-corrected chi connectivity index (χ0v) is 14.3. The molecule has 2 aromatic rings. The first-order valence-corrected chi connectivity index (χ1v) is 9.40. The standard InChI is InChI=1S/C18H20N2O3S/c1-14(21)20-11-5-8-16-12-17(9-10-18(16)20)24(22,23)19-13-15-6-3-2-4-7-15/h2-4,6-7,9-10,12,19H,5,8,11,13H2,1H3. The van der Waals surface area contributed by atoms with Crippen LogP contribution < -0.4 is 9.62 Å². The van der Waals surface area contributed by atoms with Crippen molar-refractivity contribution in [2.24, 2.45) is 0 Å². The maximum absolute atomic E-state index is 12.5. The summed E-state index contributed by atoms with van der Waals surface area (Å²) in [5.74, 6) is -0.0197. The summed E-state index contributed by atoms with van der Waals surface area (Å²) in [7, 11) is -3.58. The van der Waals surface area contributed by atoms with Gasteiger partial charge in [0.2, 0.25) is 15.9 Å². The molecule has 6 heteroatoms. The first kappa shape index (κ1) is 16.7. The summed E-state index contributed by atoms with van der Waals surface area (Å²) in [5, 5.41) is 0. The Bertz CT molecular complexity index is 848. The summed E-state index contributed by atoms with van der Waals surface area (Å²) < 4.78 is 27.7. The van der Waals surface area contributed by atoms with Crippen LogP contribution in [0, 0.1) is 0 Å². The van der Waals surface area contributed by atoms with Crippen LogP contribution in [0.1, 0.15) is 24.5 Å². The van der Waals surface area contributed by atoms with Gasteiger partial charge in [-0.3, -0.25) is 4.79 Å². The fraction of sp³-hybridized carbons (Fsp3) is 0.278. The number of benzene rings is 2. The van der Waals surface area contributed by atoms with Crippen LogP contribution in [0.25, 0.3) is 0 Å². The summed E-state index contributed by atoms with van der Waals surface area (Å²) >= 11 is 0. The molecule has 1 aliphatic rings. The molecule has 1 N–H and O–H groups in total. The molecule has 0 fully saturated rings. The summed E-state index contributed by atoms with van der Waals surface area (Å²) in [6, 6.07) is 14.4. The van der Waals surface area contributed by atoms with Gasteiger partial charge in [-0.2, -0.15) is 0 Å². The number of carbonyl (C=O) groups is 1. The van der Waals surface area contributed by atoms with Crippen molar-refractivity contribution in [3.05, 3.63) is 59.7 Å². The number of sulfonamides is 1. The molecule has 0 aromatic heterocycles. The Balaban J connectivity index is 1.83. The molecule has 1 amide bonds. The topological polar surface area (TPSA) is 66.5 Å². The van der Waals surface area contributed by atoms with E-state index < -0.39 is 10.0 Å². The Morgan fingerprint density at radius 1 is 1.17 bits per heavy atom. The van der Waals surface area contributed by atoms with Crippen LogP contribution >= 0.6 is 0 Å². The summed E-state index contributed by atoms with van der Waals surface area (Å²) in [6.45, 7) is 2.46. The smallest absolute Gasteiger partial charge is 0.240 e. The number of carbonyl (C=O) groups excluding carboxylic acids is 1. The van der Waals surface area contributed by atoms with E-state index in [0.29, 0.717) is 6.54 Å². The van der Waals surface area contributed by atoms with E-state index in [2.05, 4.69) is 4.72 Å². The van der Waals surface area contributed by atoms with Crippen molar-refractivity contribution in [3.8, 4) is 0 Å². The van der Waals surface area contributed by atoms with Crippen LogP contribution in [-0.2, 0) is 27.8 Å². The molecule has 1 aliphatic heterocycles. The molecule has 0 atom stereocenters. The second-order valence-electron chi connectivity index (χ2n) is 5.87. The Hall–Kier alpha value is -2.18. The summed E-state index contributed by atoms with van der Waals surface area (Å²) in [5.41, 5.74) is 2.62. The van der Waals surface area contributed by atoms with Gasteiger partial charge in [0.1, 0.15) is 0 Å². The van der Waals surface area contributed by atoms with E-state index in [1.165, 1.54) is 6.92 Å². The number of fused-ring (bicyclic) bond motifs is 1. The number of nitrogens with one attached hydrogen (secondary N) is 1. The van der Waals surface area contributed by atoms with Crippen molar-refractivity contribution in [2.45, 2.75) is 31.2 Å². The van der Waals surface area contributed by atoms with Crippen molar-refractivity contribution >= 4 is 21.6 Å². The minimum Gasteiger partial charge on any atom is -0.312 e. The van der Waals surface area contributed by atoms with Crippen LogP contribution in [0.5, 0.6) is 0 Å². The highest BCUT2D eigenvalue weighted by atomic mass is 32.2. The second-order valence-corrected chi connectivity index (χ2v) is 7.64. The lowest BCUT2D eigenvalue weighted by molar-refractivity contribution is -0.116. The third-order valence-electron chi connectivity index (χ3n) is 4.17. The molecular formula is C18H20N2O3S. The van der Waals surface area contributed by atoms with Crippen molar-refractivity contribution < 1.29 is 13.2 Å². The number of hydrogen-bond donors (Lipinski definition) is 1. The van der Waals surface area contributed by atoms with Gasteiger partial charge in [0.05, 0.1) is 4.90 Å². The van der Waals surface area contributed by atoms with E-state index in [4.69, 9.17) is 0 Å². The molecule has 2 aromatic carbocycles.